The van der Waals surface area contributed by atoms with Crippen molar-refractivity contribution in [2.45, 2.75) is 39.0 Å². The van der Waals surface area contributed by atoms with Crippen molar-refractivity contribution in [2.75, 3.05) is 13.2 Å². The normalized spacial score (nSPS) is 17.8. The van der Waals surface area contributed by atoms with Crippen LogP contribution in [0.15, 0.2) is 12.3 Å². The van der Waals surface area contributed by atoms with Crippen LogP contribution >= 0.6 is 0 Å². The predicted molar refractivity (Wildman–Crippen MR) is 80.3 cm³/mol. The van der Waals surface area contributed by atoms with Crippen LogP contribution in [0.2, 0.25) is 0 Å². The second kappa shape index (κ2) is 6.11. The van der Waals surface area contributed by atoms with Crippen molar-refractivity contribution in [3.63, 3.8) is 0 Å². The van der Waals surface area contributed by atoms with Gasteiger partial charge in [-0.25, -0.2) is 4.68 Å². The Hall–Kier alpha value is -2.22. The molecule has 0 saturated heterocycles. The smallest absolute Gasteiger partial charge is 0.272 e. The zero-order chi connectivity index (χ0) is 15.6. The van der Waals surface area contributed by atoms with Crippen molar-refractivity contribution in [3.8, 4) is 0 Å². The number of carbonyl (C=O) groups is 1. The molecule has 1 saturated carbocycles. The lowest BCUT2D eigenvalue weighted by molar-refractivity contribution is 0.0735. The minimum absolute atomic E-state index is 0.0398. The van der Waals surface area contributed by atoms with Gasteiger partial charge < -0.3 is 9.64 Å². The lowest BCUT2D eigenvalue weighted by Crippen LogP contribution is -2.31. The summed E-state index contributed by atoms with van der Waals surface area (Å²) in [5, 5.41) is 15.0. The number of aromatic nitrogens is 5. The zero-order valence-corrected chi connectivity index (χ0v) is 12.9. The summed E-state index contributed by atoms with van der Waals surface area (Å²) in [6.45, 7) is 3.25. The molecule has 2 aliphatic rings. The van der Waals surface area contributed by atoms with Crippen LogP contribution in [0.25, 0.3) is 0 Å². The van der Waals surface area contributed by atoms with Crippen molar-refractivity contribution in [3.05, 3.63) is 29.3 Å². The molecule has 1 fully saturated rings. The molecule has 2 aromatic rings. The number of aryl methyl sites for hydroxylation is 1. The molecule has 1 aliphatic carbocycles. The molecule has 4 rings (SSSR count). The number of fused-ring (bicyclic) bond motifs is 1. The summed E-state index contributed by atoms with van der Waals surface area (Å²) in [4.78, 5) is 14.4. The molecule has 2 aromatic heterocycles. The van der Waals surface area contributed by atoms with E-state index in [4.69, 9.17) is 4.74 Å². The van der Waals surface area contributed by atoms with Gasteiger partial charge in [-0.3, -0.25) is 9.89 Å². The van der Waals surface area contributed by atoms with Crippen molar-refractivity contribution < 1.29 is 9.53 Å². The molecule has 3 heterocycles. The third-order valence-corrected chi connectivity index (χ3v) is 4.36. The summed E-state index contributed by atoms with van der Waals surface area (Å²) in [5.74, 6) is 0.685. The molecular weight excluding hydrogens is 296 g/mol. The molecule has 8 heteroatoms. The molecule has 0 radical (unpaired) electrons. The summed E-state index contributed by atoms with van der Waals surface area (Å²) in [5.41, 5.74) is 2.33. The Morgan fingerprint density at radius 2 is 2.30 bits per heavy atom. The minimum Gasteiger partial charge on any atom is -0.375 e. The number of nitrogens with zero attached hydrogens (tertiary/aromatic N) is 5. The highest BCUT2D eigenvalue weighted by atomic mass is 16.5. The largest absolute Gasteiger partial charge is 0.375 e. The van der Waals surface area contributed by atoms with Gasteiger partial charge in [-0.05, 0) is 31.2 Å². The second-order valence-electron chi connectivity index (χ2n) is 6.22. The summed E-state index contributed by atoms with van der Waals surface area (Å²) < 4.78 is 7.64. The maximum atomic E-state index is 12.5. The van der Waals surface area contributed by atoms with E-state index in [2.05, 4.69) is 20.5 Å². The van der Waals surface area contributed by atoms with E-state index in [1.54, 1.807) is 12.3 Å². The maximum Gasteiger partial charge on any atom is 0.272 e. The van der Waals surface area contributed by atoms with Gasteiger partial charge >= 0.3 is 0 Å². The molecule has 1 amide bonds. The van der Waals surface area contributed by atoms with E-state index in [9.17, 15) is 4.79 Å². The molecule has 1 N–H and O–H groups in total. The molecule has 0 atom stereocenters. The number of aromatic amines is 1. The van der Waals surface area contributed by atoms with E-state index >= 15 is 0 Å². The standard InChI is InChI=1S/C15H20N6O2/c22-15(12-4-5-16-17-12)20-6-1-7-21-14(8-20)13(18-19-21)10-23-9-11-2-3-11/h4-5,11H,1-3,6-10H2,(H,16,17). The zero-order valence-electron chi connectivity index (χ0n) is 12.9. The first-order valence-corrected chi connectivity index (χ1v) is 8.09. The number of nitrogens with one attached hydrogen (secondary N) is 1. The number of H-pyrrole nitrogens is 1. The molecule has 122 valence electrons. The Morgan fingerprint density at radius 1 is 1.39 bits per heavy atom. The Bertz CT molecular complexity index is 676. The van der Waals surface area contributed by atoms with Crippen molar-refractivity contribution in [1.82, 2.24) is 30.1 Å². The topological polar surface area (TPSA) is 88.9 Å². The SMILES string of the molecule is O=C(c1ccn[nH]1)N1CCCn2nnc(COCC3CC3)c2C1. The molecule has 1 aliphatic heterocycles. The highest BCUT2D eigenvalue weighted by Crippen LogP contribution is 2.29. The van der Waals surface area contributed by atoms with Crippen LogP contribution in [0, 0.1) is 5.92 Å². The van der Waals surface area contributed by atoms with Gasteiger partial charge in [0, 0.05) is 25.9 Å². The molecule has 8 nitrogen and oxygen atoms in total. The van der Waals surface area contributed by atoms with Crippen LogP contribution in [0.3, 0.4) is 0 Å². The summed E-state index contributed by atoms with van der Waals surface area (Å²) in [6, 6.07) is 1.70. The highest BCUT2D eigenvalue weighted by Gasteiger charge is 2.25. The average molecular weight is 316 g/mol. The third-order valence-electron chi connectivity index (χ3n) is 4.36. The van der Waals surface area contributed by atoms with E-state index in [-0.39, 0.29) is 5.91 Å². The van der Waals surface area contributed by atoms with Gasteiger partial charge in [-0.1, -0.05) is 5.21 Å². The van der Waals surface area contributed by atoms with E-state index in [0.29, 0.717) is 25.4 Å². The van der Waals surface area contributed by atoms with Crippen LogP contribution in [0.4, 0.5) is 0 Å². The number of hydrogen-bond donors (Lipinski definition) is 1. The monoisotopic (exact) mass is 316 g/mol. The summed E-state index contributed by atoms with van der Waals surface area (Å²) in [6.07, 6.45) is 4.99. The molecule has 0 bridgehead atoms. The van der Waals surface area contributed by atoms with Gasteiger partial charge in [0.05, 0.1) is 18.8 Å². The van der Waals surface area contributed by atoms with E-state index in [1.165, 1.54) is 12.8 Å². The Labute approximate surface area is 133 Å². The molecule has 23 heavy (non-hydrogen) atoms. The number of rotatable bonds is 5. The number of hydrogen-bond acceptors (Lipinski definition) is 5. The number of amides is 1. The first-order chi connectivity index (χ1) is 11.3. The molecule has 0 aromatic carbocycles. The average Bonchev–Trinajstić information content (AvgIpc) is 3.14. The van der Waals surface area contributed by atoms with Gasteiger partial charge in [0.2, 0.25) is 0 Å². The van der Waals surface area contributed by atoms with Gasteiger partial charge in [0.1, 0.15) is 11.4 Å². The maximum absolute atomic E-state index is 12.5. The molecule has 0 unspecified atom stereocenters. The Kier molecular flexibility index (Phi) is 3.82. The fourth-order valence-electron chi connectivity index (χ4n) is 2.83. The minimum atomic E-state index is -0.0398. The fourth-order valence-corrected chi connectivity index (χ4v) is 2.83. The number of carbonyl (C=O) groups excluding carboxylic acids is 1. The first kappa shape index (κ1) is 14.4. The van der Waals surface area contributed by atoms with Gasteiger partial charge in [-0.15, -0.1) is 5.10 Å². The van der Waals surface area contributed by atoms with Crippen molar-refractivity contribution >= 4 is 5.91 Å². The highest BCUT2D eigenvalue weighted by molar-refractivity contribution is 5.92. The fraction of sp³-hybridized carbons (Fsp3) is 0.600. The van der Waals surface area contributed by atoms with Gasteiger partial charge in [-0.2, -0.15) is 5.10 Å². The summed E-state index contributed by atoms with van der Waals surface area (Å²) >= 11 is 0. The van der Waals surface area contributed by atoms with Crippen LogP contribution < -0.4 is 0 Å². The van der Waals surface area contributed by atoms with E-state index < -0.39 is 0 Å². The van der Waals surface area contributed by atoms with Crippen LogP contribution in [-0.4, -0.2) is 49.1 Å². The van der Waals surface area contributed by atoms with Crippen molar-refractivity contribution in [2.24, 2.45) is 5.92 Å². The van der Waals surface area contributed by atoms with E-state index in [0.717, 1.165) is 36.9 Å². The lowest BCUT2D eigenvalue weighted by Gasteiger charge is -2.19. The number of ether oxygens (including phenoxy) is 1. The van der Waals surface area contributed by atoms with Gasteiger partial charge in [0.25, 0.3) is 5.91 Å². The van der Waals surface area contributed by atoms with Crippen LogP contribution in [-0.2, 0) is 24.4 Å². The second-order valence-corrected chi connectivity index (χ2v) is 6.22. The van der Waals surface area contributed by atoms with E-state index in [1.807, 2.05) is 9.58 Å². The first-order valence-electron chi connectivity index (χ1n) is 8.09. The third kappa shape index (κ3) is 3.12. The van der Waals surface area contributed by atoms with Gasteiger partial charge in [0.15, 0.2) is 0 Å². The Balaban J connectivity index is 1.48. The van der Waals surface area contributed by atoms with Crippen LogP contribution in [0.1, 0.15) is 41.1 Å². The summed E-state index contributed by atoms with van der Waals surface area (Å²) in [7, 11) is 0. The molecule has 0 spiro atoms. The molecular formula is C15H20N6O2. The predicted octanol–water partition coefficient (Wildman–Crippen LogP) is 0.974. The Morgan fingerprint density at radius 3 is 3.09 bits per heavy atom. The lowest BCUT2D eigenvalue weighted by atomic mass is 10.2. The van der Waals surface area contributed by atoms with Crippen LogP contribution in [0.5, 0.6) is 0 Å². The van der Waals surface area contributed by atoms with Crippen molar-refractivity contribution in [1.29, 1.82) is 0 Å². The quantitative estimate of drug-likeness (QED) is 0.888.